The number of hydrogen-bond acceptors (Lipinski definition) is 6. The lowest BCUT2D eigenvalue weighted by Gasteiger charge is -2.21. The number of ether oxygens (including phenoxy) is 2. The summed E-state index contributed by atoms with van der Waals surface area (Å²) in [5.74, 6) is -0.938. The number of rotatable bonds is 7. The number of Topliss-reactive ketones (excluding diaryl/α,β-unsaturated/α-hetero) is 1. The molecular weight excluding hydrogens is 430 g/mol. The van der Waals surface area contributed by atoms with Crippen LogP contribution in [-0.4, -0.2) is 50.8 Å². The Labute approximate surface area is 189 Å². The van der Waals surface area contributed by atoms with Gasteiger partial charge in [-0.15, -0.1) is 0 Å². The Morgan fingerprint density at radius 3 is 2.12 bits per heavy atom. The van der Waals surface area contributed by atoms with Crippen LogP contribution < -0.4 is 4.74 Å². The molecule has 1 heterocycles. The van der Waals surface area contributed by atoms with Gasteiger partial charge >= 0.3 is 5.97 Å². The molecule has 0 radical (unpaired) electrons. The third kappa shape index (κ3) is 5.37. The minimum Gasteiger partial charge on any atom is -0.495 e. The van der Waals surface area contributed by atoms with Crippen LogP contribution in [0.4, 0.5) is 0 Å². The highest BCUT2D eigenvalue weighted by Gasteiger charge is 2.30. The van der Waals surface area contributed by atoms with Crippen LogP contribution in [0.5, 0.6) is 5.75 Å². The van der Waals surface area contributed by atoms with Gasteiger partial charge in [-0.05, 0) is 44.9 Å². The zero-order valence-corrected chi connectivity index (χ0v) is 19.5. The Balaban J connectivity index is 1.82. The third-order valence-corrected chi connectivity index (χ3v) is 7.49. The van der Waals surface area contributed by atoms with Gasteiger partial charge < -0.3 is 9.47 Å². The maximum atomic E-state index is 13.3. The molecule has 7 nitrogen and oxygen atoms in total. The highest BCUT2D eigenvalue weighted by Crippen LogP contribution is 2.30. The molecule has 1 saturated heterocycles. The maximum Gasteiger partial charge on any atom is 0.338 e. The van der Waals surface area contributed by atoms with Crippen molar-refractivity contribution in [2.75, 3.05) is 20.2 Å². The number of methoxy groups -OCH3 is 1. The van der Waals surface area contributed by atoms with Crippen LogP contribution in [0, 0.1) is 6.92 Å². The molecule has 0 saturated carbocycles. The topological polar surface area (TPSA) is 90.0 Å². The molecule has 1 atom stereocenters. The van der Waals surface area contributed by atoms with E-state index in [1.165, 1.54) is 36.5 Å². The van der Waals surface area contributed by atoms with E-state index in [-0.39, 0.29) is 22.0 Å². The molecule has 8 heteroatoms. The molecule has 1 aliphatic rings. The SMILES string of the molecule is COc1ccc(C(=O)OC(C)C(=O)c2ccc(C)cc2)cc1S(=O)(=O)N1CCCCCC1. The number of carbonyl (C=O) groups excluding carboxylic acids is 2. The van der Waals surface area contributed by atoms with E-state index in [1.54, 1.807) is 12.1 Å². The Kier molecular flexibility index (Phi) is 7.69. The second-order valence-corrected chi connectivity index (χ2v) is 9.87. The van der Waals surface area contributed by atoms with E-state index < -0.39 is 22.1 Å². The van der Waals surface area contributed by atoms with E-state index >= 15 is 0 Å². The number of sulfonamides is 1. The predicted octanol–water partition coefficient (Wildman–Crippen LogP) is 4.00. The first-order valence-electron chi connectivity index (χ1n) is 10.7. The molecule has 1 fully saturated rings. The highest BCUT2D eigenvalue weighted by molar-refractivity contribution is 7.89. The van der Waals surface area contributed by atoms with Crippen molar-refractivity contribution >= 4 is 21.8 Å². The van der Waals surface area contributed by atoms with E-state index in [9.17, 15) is 18.0 Å². The van der Waals surface area contributed by atoms with Crippen molar-refractivity contribution in [3.05, 3.63) is 59.2 Å². The molecule has 0 amide bonds. The van der Waals surface area contributed by atoms with E-state index in [2.05, 4.69) is 0 Å². The molecule has 1 aliphatic heterocycles. The van der Waals surface area contributed by atoms with Crippen LogP contribution in [0.3, 0.4) is 0 Å². The molecule has 0 spiro atoms. The average molecular weight is 460 g/mol. The van der Waals surface area contributed by atoms with Crippen LogP contribution >= 0.6 is 0 Å². The Bertz CT molecular complexity index is 1070. The number of carbonyl (C=O) groups is 2. The lowest BCUT2D eigenvalue weighted by molar-refractivity contribution is 0.0318. The van der Waals surface area contributed by atoms with Gasteiger partial charge in [0.25, 0.3) is 0 Å². The van der Waals surface area contributed by atoms with Crippen molar-refractivity contribution in [1.82, 2.24) is 4.31 Å². The number of hydrogen-bond donors (Lipinski definition) is 0. The molecule has 1 unspecified atom stereocenters. The van der Waals surface area contributed by atoms with Crippen LogP contribution in [0.2, 0.25) is 0 Å². The lowest BCUT2D eigenvalue weighted by Crippen LogP contribution is -2.32. The summed E-state index contributed by atoms with van der Waals surface area (Å²) in [6, 6.07) is 11.1. The van der Waals surface area contributed by atoms with Gasteiger partial charge in [-0.1, -0.05) is 42.7 Å². The fraction of sp³-hybridized carbons (Fsp3) is 0.417. The fourth-order valence-corrected chi connectivity index (χ4v) is 5.36. The van der Waals surface area contributed by atoms with Crippen LogP contribution in [-0.2, 0) is 14.8 Å². The average Bonchev–Trinajstić information content (AvgIpc) is 3.09. The zero-order valence-electron chi connectivity index (χ0n) is 18.7. The van der Waals surface area contributed by atoms with E-state index in [4.69, 9.17) is 9.47 Å². The van der Waals surface area contributed by atoms with Gasteiger partial charge in [-0.25, -0.2) is 13.2 Å². The minimum absolute atomic E-state index is 0.0442. The van der Waals surface area contributed by atoms with Crippen molar-refractivity contribution in [3.8, 4) is 5.75 Å². The summed E-state index contributed by atoms with van der Waals surface area (Å²) >= 11 is 0. The van der Waals surface area contributed by atoms with Crippen molar-refractivity contribution in [2.45, 2.75) is 50.5 Å². The smallest absolute Gasteiger partial charge is 0.338 e. The van der Waals surface area contributed by atoms with Crippen LogP contribution in [0.1, 0.15) is 58.9 Å². The molecule has 172 valence electrons. The molecule has 0 aromatic heterocycles. The number of esters is 1. The molecule has 0 N–H and O–H groups in total. The minimum atomic E-state index is -3.84. The van der Waals surface area contributed by atoms with Crippen LogP contribution in [0.15, 0.2) is 47.4 Å². The van der Waals surface area contributed by atoms with Crippen LogP contribution in [0.25, 0.3) is 0 Å². The first kappa shape index (κ1) is 23.9. The standard InChI is InChI=1S/C24H29NO6S/c1-17-8-10-19(11-9-17)23(26)18(2)31-24(27)20-12-13-21(30-3)22(16-20)32(28,29)25-14-6-4-5-7-15-25/h8-13,16,18H,4-7,14-15H2,1-3H3. The van der Waals surface area contributed by atoms with Gasteiger partial charge in [-0.3, -0.25) is 4.79 Å². The molecular formula is C24H29NO6S. The molecule has 32 heavy (non-hydrogen) atoms. The van der Waals surface area contributed by atoms with Gasteiger partial charge in [0.1, 0.15) is 10.6 Å². The number of nitrogens with zero attached hydrogens (tertiary/aromatic N) is 1. The lowest BCUT2D eigenvalue weighted by atomic mass is 10.1. The number of benzene rings is 2. The quantitative estimate of drug-likeness (QED) is 0.459. The third-order valence-electron chi connectivity index (χ3n) is 5.57. The molecule has 2 aromatic carbocycles. The maximum absolute atomic E-state index is 13.3. The Morgan fingerprint density at radius 2 is 1.53 bits per heavy atom. The fourth-order valence-electron chi connectivity index (χ4n) is 3.66. The Hall–Kier alpha value is -2.71. The van der Waals surface area contributed by atoms with Gasteiger partial charge in [-0.2, -0.15) is 4.31 Å². The monoisotopic (exact) mass is 459 g/mol. The summed E-state index contributed by atoms with van der Waals surface area (Å²) < 4.78 is 38.6. The highest BCUT2D eigenvalue weighted by atomic mass is 32.2. The summed E-state index contributed by atoms with van der Waals surface area (Å²) in [5, 5.41) is 0. The predicted molar refractivity (Wildman–Crippen MR) is 121 cm³/mol. The van der Waals surface area contributed by atoms with Crippen molar-refractivity contribution in [1.29, 1.82) is 0 Å². The van der Waals surface area contributed by atoms with Gasteiger partial charge in [0.15, 0.2) is 6.10 Å². The Morgan fingerprint density at radius 1 is 0.938 bits per heavy atom. The first-order chi connectivity index (χ1) is 15.2. The van der Waals surface area contributed by atoms with E-state index in [1.807, 2.05) is 19.1 Å². The molecule has 2 aromatic rings. The second-order valence-electron chi connectivity index (χ2n) is 7.96. The zero-order chi connectivity index (χ0) is 23.3. The normalized spacial score (nSPS) is 16.1. The molecule has 0 aliphatic carbocycles. The van der Waals surface area contributed by atoms with Gasteiger partial charge in [0.05, 0.1) is 12.7 Å². The van der Waals surface area contributed by atoms with Gasteiger partial charge in [0.2, 0.25) is 15.8 Å². The summed E-state index contributed by atoms with van der Waals surface area (Å²) in [5.41, 5.74) is 1.50. The molecule has 0 bridgehead atoms. The molecule has 3 rings (SSSR count). The summed E-state index contributed by atoms with van der Waals surface area (Å²) in [4.78, 5) is 25.2. The summed E-state index contributed by atoms with van der Waals surface area (Å²) in [6.45, 7) is 4.28. The van der Waals surface area contributed by atoms with E-state index in [0.717, 1.165) is 31.2 Å². The second kappa shape index (κ2) is 10.3. The summed E-state index contributed by atoms with van der Waals surface area (Å²) in [6.07, 6.45) is 2.55. The number of ketones is 1. The largest absolute Gasteiger partial charge is 0.495 e. The van der Waals surface area contributed by atoms with Gasteiger partial charge in [0, 0.05) is 18.7 Å². The van der Waals surface area contributed by atoms with Crippen molar-refractivity contribution < 1.29 is 27.5 Å². The van der Waals surface area contributed by atoms with Crippen molar-refractivity contribution in [2.24, 2.45) is 0 Å². The summed E-state index contributed by atoms with van der Waals surface area (Å²) in [7, 11) is -2.46. The van der Waals surface area contributed by atoms with Crippen molar-refractivity contribution in [3.63, 3.8) is 0 Å². The van der Waals surface area contributed by atoms with E-state index in [0.29, 0.717) is 18.7 Å². The number of aryl methyl sites for hydroxylation is 1. The first-order valence-corrected chi connectivity index (χ1v) is 12.2.